The molecule has 2 aromatic carbocycles. The van der Waals surface area contributed by atoms with Crippen molar-refractivity contribution in [2.45, 2.75) is 0 Å². The summed E-state index contributed by atoms with van der Waals surface area (Å²) in [5.74, 6) is 0. The second kappa shape index (κ2) is 4.83. The number of hydrogen-bond acceptors (Lipinski definition) is 2. The maximum atomic E-state index is 9.09. The first kappa shape index (κ1) is 11.4. The van der Waals surface area contributed by atoms with Crippen molar-refractivity contribution in [1.82, 2.24) is 0 Å². The lowest BCUT2D eigenvalue weighted by Crippen LogP contribution is -2.30. The molecule has 2 aromatic rings. The Bertz CT molecular complexity index is 486. The highest BCUT2D eigenvalue weighted by Gasteiger charge is 2.14. The molecule has 0 aromatic heterocycles. The van der Waals surface area contributed by atoms with Crippen LogP contribution < -0.4 is 5.46 Å². The van der Waals surface area contributed by atoms with Gasteiger partial charge in [0.2, 0.25) is 0 Å². The molecule has 2 nitrogen and oxygen atoms in total. The molecule has 0 aliphatic carbocycles. The van der Waals surface area contributed by atoms with Crippen LogP contribution in [-0.2, 0) is 0 Å². The first-order valence-corrected chi connectivity index (χ1v) is 5.69. The van der Waals surface area contributed by atoms with Gasteiger partial charge in [0.1, 0.15) is 0 Å². The Morgan fingerprint density at radius 2 is 1.56 bits per heavy atom. The summed E-state index contributed by atoms with van der Waals surface area (Å²) < 4.78 is 0.698. The fourth-order valence-electron chi connectivity index (χ4n) is 1.55. The van der Waals surface area contributed by atoms with Crippen LogP contribution in [0.1, 0.15) is 0 Å². The number of rotatable bonds is 2. The van der Waals surface area contributed by atoms with Crippen LogP contribution >= 0.6 is 15.9 Å². The van der Waals surface area contributed by atoms with Gasteiger partial charge in [0.05, 0.1) is 0 Å². The van der Waals surface area contributed by atoms with E-state index in [1.807, 2.05) is 42.5 Å². The quantitative estimate of drug-likeness (QED) is 0.822. The fraction of sp³-hybridized carbons (Fsp3) is 0. The minimum Gasteiger partial charge on any atom is -0.423 e. The Labute approximate surface area is 103 Å². The number of hydrogen-bond donors (Lipinski definition) is 2. The zero-order chi connectivity index (χ0) is 11.5. The van der Waals surface area contributed by atoms with Crippen LogP contribution in [0, 0.1) is 0 Å². The molecule has 0 unspecified atom stereocenters. The van der Waals surface area contributed by atoms with Gasteiger partial charge in [-0.25, -0.2) is 0 Å². The first-order chi connectivity index (χ1) is 7.68. The van der Waals surface area contributed by atoms with Crippen molar-refractivity contribution in [3.63, 3.8) is 0 Å². The summed E-state index contributed by atoms with van der Waals surface area (Å²) in [5.41, 5.74) is 2.61. The average molecular weight is 277 g/mol. The van der Waals surface area contributed by atoms with Crippen molar-refractivity contribution >= 4 is 28.5 Å². The lowest BCUT2D eigenvalue weighted by molar-refractivity contribution is 0.425. The zero-order valence-electron chi connectivity index (χ0n) is 8.47. The van der Waals surface area contributed by atoms with E-state index in [-0.39, 0.29) is 0 Å². The van der Waals surface area contributed by atoms with Crippen LogP contribution in [0.3, 0.4) is 0 Å². The number of halogens is 1. The highest BCUT2D eigenvalue weighted by molar-refractivity contribution is 9.10. The highest BCUT2D eigenvalue weighted by atomic mass is 79.9. The van der Waals surface area contributed by atoms with E-state index in [9.17, 15) is 0 Å². The maximum absolute atomic E-state index is 9.09. The van der Waals surface area contributed by atoms with Gasteiger partial charge >= 0.3 is 7.12 Å². The Kier molecular flexibility index (Phi) is 3.44. The van der Waals surface area contributed by atoms with Crippen molar-refractivity contribution in [2.24, 2.45) is 0 Å². The summed E-state index contributed by atoms with van der Waals surface area (Å²) in [6.07, 6.45) is 0. The minimum atomic E-state index is -1.45. The average Bonchev–Trinajstić information content (AvgIpc) is 2.29. The normalized spacial score (nSPS) is 10.2. The summed E-state index contributed by atoms with van der Waals surface area (Å²) in [6, 6.07) is 15.4. The SMILES string of the molecule is OB(O)c1ccc(-c2ccccc2)cc1Br. The van der Waals surface area contributed by atoms with E-state index >= 15 is 0 Å². The van der Waals surface area contributed by atoms with E-state index in [2.05, 4.69) is 15.9 Å². The van der Waals surface area contributed by atoms with E-state index in [4.69, 9.17) is 10.0 Å². The molecule has 0 bridgehead atoms. The van der Waals surface area contributed by atoms with Gasteiger partial charge in [0.15, 0.2) is 0 Å². The monoisotopic (exact) mass is 276 g/mol. The van der Waals surface area contributed by atoms with E-state index in [1.165, 1.54) is 0 Å². The summed E-state index contributed by atoms with van der Waals surface area (Å²) >= 11 is 3.32. The lowest BCUT2D eigenvalue weighted by atomic mass is 9.80. The third kappa shape index (κ3) is 2.35. The van der Waals surface area contributed by atoms with Gasteiger partial charge in [-0.1, -0.05) is 58.4 Å². The number of benzene rings is 2. The molecule has 0 aliphatic rings. The molecule has 0 radical (unpaired) electrons. The predicted molar refractivity (Wildman–Crippen MR) is 69.4 cm³/mol. The molecule has 80 valence electrons. The van der Waals surface area contributed by atoms with Crippen LogP contribution in [0.15, 0.2) is 53.0 Å². The standard InChI is InChI=1S/C12H10BBrO2/c14-12-8-10(6-7-11(12)13(15)16)9-4-2-1-3-5-9/h1-8,15-16H. The smallest absolute Gasteiger partial charge is 0.423 e. The van der Waals surface area contributed by atoms with Crippen LogP contribution in [0.25, 0.3) is 11.1 Å². The molecular formula is C12H10BBrO2. The Morgan fingerprint density at radius 3 is 2.12 bits per heavy atom. The van der Waals surface area contributed by atoms with Gasteiger partial charge in [-0.2, -0.15) is 0 Å². The van der Waals surface area contributed by atoms with Crippen molar-refractivity contribution in [3.8, 4) is 11.1 Å². The summed E-state index contributed by atoms with van der Waals surface area (Å²) in [6.45, 7) is 0. The molecule has 16 heavy (non-hydrogen) atoms. The third-order valence-corrected chi connectivity index (χ3v) is 3.07. The Balaban J connectivity index is 2.43. The van der Waals surface area contributed by atoms with Crippen LogP contribution in [0.4, 0.5) is 0 Å². The molecule has 0 saturated heterocycles. The van der Waals surface area contributed by atoms with E-state index in [0.717, 1.165) is 11.1 Å². The molecular weight excluding hydrogens is 267 g/mol. The minimum absolute atomic E-state index is 0.472. The van der Waals surface area contributed by atoms with Gasteiger partial charge in [-0.05, 0) is 22.7 Å². The van der Waals surface area contributed by atoms with Gasteiger partial charge in [-0.15, -0.1) is 0 Å². The molecule has 4 heteroatoms. The van der Waals surface area contributed by atoms with Gasteiger partial charge in [-0.3, -0.25) is 0 Å². The fourth-order valence-corrected chi connectivity index (χ4v) is 2.13. The van der Waals surface area contributed by atoms with Gasteiger partial charge in [0, 0.05) is 4.47 Å². The molecule has 0 atom stereocenters. The largest absolute Gasteiger partial charge is 0.489 e. The second-order valence-electron chi connectivity index (χ2n) is 3.48. The molecule has 2 N–H and O–H groups in total. The van der Waals surface area contributed by atoms with E-state index in [0.29, 0.717) is 9.94 Å². The molecule has 0 saturated carbocycles. The Hall–Kier alpha value is -1.10. The van der Waals surface area contributed by atoms with E-state index in [1.54, 1.807) is 6.07 Å². The second-order valence-corrected chi connectivity index (χ2v) is 4.33. The molecule has 0 fully saturated rings. The maximum Gasteiger partial charge on any atom is 0.489 e. The predicted octanol–water partition coefficient (Wildman–Crippen LogP) is 1.80. The van der Waals surface area contributed by atoms with Crippen molar-refractivity contribution in [2.75, 3.05) is 0 Å². The molecule has 0 aliphatic heterocycles. The third-order valence-electron chi connectivity index (χ3n) is 2.39. The summed E-state index contributed by atoms with van der Waals surface area (Å²) in [5, 5.41) is 18.2. The van der Waals surface area contributed by atoms with Crippen LogP contribution in [0.2, 0.25) is 0 Å². The first-order valence-electron chi connectivity index (χ1n) is 4.89. The molecule has 0 amide bonds. The summed E-state index contributed by atoms with van der Waals surface area (Å²) in [7, 11) is -1.45. The molecule has 0 spiro atoms. The van der Waals surface area contributed by atoms with Crippen molar-refractivity contribution in [1.29, 1.82) is 0 Å². The van der Waals surface area contributed by atoms with Crippen molar-refractivity contribution < 1.29 is 10.0 Å². The lowest BCUT2D eigenvalue weighted by Gasteiger charge is -2.06. The topological polar surface area (TPSA) is 40.5 Å². The summed E-state index contributed by atoms with van der Waals surface area (Å²) in [4.78, 5) is 0. The van der Waals surface area contributed by atoms with Crippen molar-refractivity contribution in [3.05, 3.63) is 53.0 Å². The Morgan fingerprint density at radius 1 is 0.875 bits per heavy atom. The van der Waals surface area contributed by atoms with Gasteiger partial charge < -0.3 is 10.0 Å². The van der Waals surface area contributed by atoms with Crippen LogP contribution in [-0.4, -0.2) is 17.2 Å². The van der Waals surface area contributed by atoms with Crippen LogP contribution in [0.5, 0.6) is 0 Å². The van der Waals surface area contributed by atoms with E-state index < -0.39 is 7.12 Å². The van der Waals surface area contributed by atoms with Gasteiger partial charge in [0.25, 0.3) is 0 Å². The zero-order valence-corrected chi connectivity index (χ0v) is 10.1. The molecule has 2 rings (SSSR count). The molecule has 0 heterocycles. The highest BCUT2D eigenvalue weighted by Crippen LogP contribution is 2.21.